The lowest BCUT2D eigenvalue weighted by Gasteiger charge is -2.17. The van der Waals surface area contributed by atoms with E-state index in [0.29, 0.717) is 5.56 Å². The molecule has 1 rings (SSSR count). The zero-order valence-corrected chi connectivity index (χ0v) is 10.4. The van der Waals surface area contributed by atoms with E-state index in [4.69, 9.17) is 5.73 Å². The van der Waals surface area contributed by atoms with Gasteiger partial charge in [-0.25, -0.2) is 0 Å². The number of carbonyl (C=O) groups excluding carboxylic acids is 1. The van der Waals surface area contributed by atoms with Gasteiger partial charge in [0.1, 0.15) is 0 Å². The molecular weight excluding hydrogens is 216 g/mol. The normalized spacial score (nSPS) is 12.7. The van der Waals surface area contributed by atoms with Crippen molar-refractivity contribution < 1.29 is 9.90 Å². The van der Waals surface area contributed by atoms with Crippen LogP contribution in [0.4, 0.5) is 0 Å². The zero-order chi connectivity index (χ0) is 12.8. The minimum Gasteiger partial charge on any atom is -0.393 e. The van der Waals surface area contributed by atoms with Crippen LogP contribution in [0.1, 0.15) is 29.3 Å². The van der Waals surface area contributed by atoms with E-state index in [1.807, 2.05) is 19.2 Å². The molecule has 0 aliphatic rings. The van der Waals surface area contributed by atoms with E-state index < -0.39 is 5.91 Å². The minimum absolute atomic E-state index is 0.283. The second-order valence-electron chi connectivity index (χ2n) is 4.44. The summed E-state index contributed by atoms with van der Waals surface area (Å²) in [6.07, 6.45) is 0.459. The zero-order valence-electron chi connectivity index (χ0n) is 10.4. The van der Waals surface area contributed by atoms with Crippen LogP contribution in [0.3, 0.4) is 0 Å². The smallest absolute Gasteiger partial charge is 0.248 e. The quantitative estimate of drug-likeness (QED) is 0.774. The molecule has 1 atom stereocenters. The van der Waals surface area contributed by atoms with Crippen molar-refractivity contribution in [3.05, 3.63) is 35.4 Å². The van der Waals surface area contributed by atoms with E-state index in [1.165, 1.54) is 0 Å². The Balaban J connectivity index is 2.56. The van der Waals surface area contributed by atoms with Gasteiger partial charge in [-0.15, -0.1) is 0 Å². The lowest BCUT2D eigenvalue weighted by atomic mass is 10.1. The molecule has 4 heteroatoms. The van der Waals surface area contributed by atoms with E-state index in [9.17, 15) is 9.90 Å². The number of benzene rings is 1. The van der Waals surface area contributed by atoms with Gasteiger partial charge in [-0.2, -0.15) is 0 Å². The molecule has 0 aliphatic carbocycles. The highest BCUT2D eigenvalue weighted by molar-refractivity contribution is 5.92. The summed E-state index contributed by atoms with van der Waals surface area (Å²) in [6, 6.07) is 7.31. The van der Waals surface area contributed by atoms with Crippen molar-refractivity contribution >= 4 is 5.91 Å². The Kier molecular flexibility index (Phi) is 5.12. The molecule has 94 valence electrons. The highest BCUT2D eigenvalue weighted by Crippen LogP contribution is 2.07. The van der Waals surface area contributed by atoms with E-state index >= 15 is 0 Å². The molecular formula is C13H20N2O2. The largest absolute Gasteiger partial charge is 0.393 e. The molecule has 0 heterocycles. The molecule has 3 N–H and O–H groups in total. The highest BCUT2D eigenvalue weighted by atomic mass is 16.3. The van der Waals surface area contributed by atoms with Gasteiger partial charge in [-0.1, -0.05) is 12.1 Å². The molecule has 1 aromatic rings. The maximum atomic E-state index is 11.0. The summed E-state index contributed by atoms with van der Waals surface area (Å²) in [5.74, 6) is -0.404. The molecule has 0 bridgehead atoms. The highest BCUT2D eigenvalue weighted by Gasteiger charge is 2.05. The monoisotopic (exact) mass is 236 g/mol. The molecule has 0 saturated carbocycles. The van der Waals surface area contributed by atoms with Gasteiger partial charge in [0.05, 0.1) is 6.10 Å². The fourth-order valence-electron chi connectivity index (χ4n) is 1.62. The molecule has 0 aliphatic heterocycles. The molecule has 0 radical (unpaired) electrons. The number of hydrogen-bond acceptors (Lipinski definition) is 3. The van der Waals surface area contributed by atoms with Crippen LogP contribution < -0.4 is 5.73 Å². The van der Waals surface area contributed by atoms with Crippen LogP contribution in [0.15, 0.2) is 24.3 Å². The first-order valence-electron chi connectivity index (χ1n) is 5.74. The van der Waals surface area contributed by atoms with Crippen LogP contribution >= 0.6 is 0 Å². The van der Waals surface area contributed by atoms with E-state index in [-0.39, 0.29) is 6.10 Å². The number of hydrogen-bond donors (Lipinski definition) is 2. The minimum atomic E-state index is -0.404. The lowest BCUT2D eigenvalue weighted by Crippen LogP contribution is -2.22. The standard InChI is InChI=1S/C13H20N2O2/c1-10(16)6-7-15(2)9-11-4-3-5-12(8-11)13(14)17/h3-5,8,10,16H,6-7,9H2,1-2H3,(H2,14,17). The molecule has 1 aromatic carbocycles. The Morgan fingerprint density at radius 2 is 2.24 bits per heavy atom. The molecule has 0 aromatic heterocycles. The summed E-state index contributed by atoms with van der Waals surface area (Å²) in [4.78, 5) is 13.1. The van der Waals surface area contributed by atoms with Gasteiger partial charge in [0.25, 0.3) is 0 Å². The third-order valence-corrected chi connectivity index (χ3v) is 2.59. The average Bonchev–Trinajstić information content (AvgIpc) is 2.26. The predicted molar refractivity (Wildman–Crippen MR) is 67.6 cm³/mol. The summed E-state index contributed by atoms with van der Waals surface area (Å²) < 4.78 is 0. The number of nitrogens with zero attached hydrogens (tertiary/aromatic N) is 1. The molecule has 0 fully saturated rings. The second-order valence-corrected chi connectivity index (χ2v) is 4.44. The van der Waals surface area contributed by atoms with Crippen molar-refractivity contribution in [2.75, 3.05) is 13.6 Å². The van der Waals surface area contributed by atoms with Crippen molar-refractivity contribution in [2.24, 2.45) is 5.73 Å². The van der Waals surface area contributed by atoms with E-state index in [1.54, 1.807) is 19.1 Å². The van der Waals surface area contributed by atoms with Crippen LogP contribution in [0.5, 0.6) is 0 Å². The number of amides is 1. The average molecular weight is 236 g/mol. The van der Waals surface area contributed by atoms with Gasteiger partial charge in [0, 0.05) is 18.7 Å². The lowest BCUT2D eigenvalue weighted by molar-refractivity contribution is 0.1000. The summed E-state index contributed by atoms with van der Waals surface area (Å²) in [6.45, 7) is 3.34. The van der Waals surface area contributed by atoms with Crippen molar-refractivity contribution in [3.8, 4) is 0 Å². The van der Waals surface area contributed by atoms with Gasteiger partial charge in [0.15, 0.2) is 0 Å². The van der Waals surface area contributed by atoms with Gasteiger partial charge < -0.3 is 15.7 Å². The van der Waals surface area contributed by atoms with Crippen LogP contribution in [0.2, 0.25) is 0 Å². The van der Waals surface area contributed by atoms with Crippen molar-refractivity contribution in [3.63, 3.8) is 0 Å². The first kappa shape index (κ1) is 13.7. The number of nitrogens with two attached hydrogens (primary N) is 1. The third kappa shape index (κ3) is 4.97. The first-order valence-corrected chi connectivity index (χ1v) is 5.74. The molecule has 0 saturated heterocycles. The Morgan fingerprint density at radius 3 is 2.82 bits per heavy atom. The summed E-state index contributed by atoms with van der Waals surface area (Å²) >= 11 is 0. The van der Waals surface area contributed by atoms with Crippen LogP contribution in [-0.4, -0.2) is 35.6 Å². The van der Waals surface area contributed by atoms with Crippen LogP contribution in [0, 0.1) is 0 Å². The fourth-order valence-corrected chi connectivity index (χ4v) is 1.62. The number of rotatable bonds is 6. The van der Waals surface area contributed by atoms with Crippen LogP contribution in [-0.2, 0) is 6.54 Å². The number of aliphatic hydroxyl groups excluding tert-OH is 1. The van der Waals surface area contributed by atoms with E-state index in [0.717, 1.165) is 25.1 Å². The topological polar surface area (TPSA) is 66.6 Å². The Bertz CT molecular complexity index is 377. The molecule has 0 spiro atoms. The van der Waals surface area contributed by atoms with Crippen molar-refractivity contribution in [1.29, 1.82) is 0 Å². The third-order valence-electron chi connectivity index (χ3n) is 2.59. The summed E-state index contributed by atoms with van der Waals surface area (Å²) in [5.41, 5.74) is 6.81. The van der Waals surface area contributed by atoms with Gasteiger partial charge in [0.2, 0.25) is 5.91 Å². The second kappa shape index (κ2) is 6.37. The number of aliphatic hydroxyl groups is 1. The molecule has 1 amide bonds. The molecule has 1 unspecified atom stereocenters. The van der Waals surface area contributed by atoms with Gasteiger partial charge in [-0.3, -0.25) is 4.79 Å². The Morgan fingerprint density at radius 1 is 1.53 bits per heavy atom. The van der Waals surface area contributed by atoms with Crippen LogP contribution in [0.25, 0.3) is 0 Å². The Labute approximate surface area is 102 Å². The predicted octanol–water partition coefficient (Wildman–Crippen LogP) is 0.988. The maximum absolute atomic E-state index is 11.0. The van der Waals surface area contributed by atoms with Crippen molar-refractivity contribution in [2.45, 2.75) is 26.0 Å². The van der Waals surface area contributed by atoms with Gasteiger partial charge >= 0.3 is 0 Å². The summed E-state index contributed by atoms with van der Waals surface area (Å²) in [7, 11) is 1.99. The van der Waals surface area contributed by atoms with Crippen molar-refractivity contribution in [1.82, 2.24) is 4.90 Å². The number of carbonyl (C=O) groups is 1. The maximum Gasteiger partial charge on any atom is 0.248 e. The Hall–Kier alpha value is -1.39. The SMILES string of the molecule is CC(O)CCN(C)Cc1cccc(C(N)=O)c1. The fraction of sp³-hybridized carbons (Fsp3) is 0.462. The number of primary amides is 1. The molecule has 4 nitrogen and oxygen atoms in total. The van der Waals surface area contributed by atoms with E-state index in [2.05, 4.69) is 4.90 Å². The van der Waals surface area contributed by atoms with Gasteiger partial charge in [-0.05, 0) is 38.1 Å². The molecule has 17 heavy (non-hydrogen) atoms. The first-order chi connectivity index (χ1) is 7.99. The summed E-state index contributed by atoms with van der Waals surface area (Å²) in [5, 5.41) is 9.20.